The molecule has 0 aliphatic carbocycles. The van der Waals surface area contributed by atoms with E-state index in [4.69, 9.17) is 9.47 Å². The van der Waals surface area contributed by atoms with Crippen LogP contribution < -0.4 is 0 Å². The number of unbranched alkanes of at least 4 members (excludes halogenated alkanes) is 11. The van der Waals surface area contributed by atoms with Crippen molar-refractivity contribution in [1.29, 1.82) is 0 Å². The van der Waals surface area contributed by atoms with Gasteiger partial charge in [0.05, 0.1) is 6.61 Å². The lowest BCUT2D eigenvalue weighted by Crippen LogP contribution is -2.28. The van der Waals surface area contributed by atoms with Crippen LogP contribution in [-0.2, 0) is 19.1 Å². The quantitative estimate of drug-likeness (QED) is 0.0374. The smallest absolute Gasteiger partial charge is 0.306 e. The summed E-state index contributed by atoms with van der Waals surface area (Å²) in [6, 6.07) is 0. The van der Waals surface area contributed by atoms with E-state index in [1.165, 1.54) is 44.9 Å². The zero-order chi connectivity index (χ0) is 52.0. The van der Waals surface area contributed by atoms with Crippen LogP contribution in [0.15, 0.2) is 182 Å². The van der Waals surface area contributed by atoms with Crippen molar-refractivity contribution >= 4 is 11.9 Å². The predicted molar refractivity (Wildman–Crippen MR) is 315 cm³/mol. The molecule has 0 aromatic heterocycles. The molecule has 5 nitrogen and oxygen atoms in total. The predicted octanol–water partition coefficient (Wildman–Crippen LogP) is 19.5. The van der Waals surface area contributed by atoms with Gasteiger partial charge < -0.3 is 14.6 Å². The number of carbonyl (C=O) groups excluding carboxylic acids is 2. The molecule has 0 amide bonds. The topological polar surface area (TPSA) is 72.8 Å². The van der Waals surface area contributed by atoms with Crippen molar-refractivity contribution in [2.45, 2.75) is 213 Å². The molecule has 0 fully saturated rings. The van der Waals surface area contributed by atoms with E-state index in [1.807, 2.05) is 0 Å². The third kappa shape index (κ3) is 57.6. The van der Waals surface area contributed by atoms with Crippen LogP contribution in [0.4, 0.5) is 0 Å². The van der Waals surface area contributed by atoms with E-state index in [-0.39, 0.29) is 31.6 Å². The molecule has 0 heterocycles. The van der Waals surface area contributed by atoms with Gasteiger partial charge in [-0.25, -0.2) is 0 Å². The molecule has 0 aliphatic rings. The maximum atomic E-state index is 12.3. The Hall–Kier alpha value is -5.00. The minimum atomic E-state index is -0.816. The molecule has 0 saturated carbocycles. The van der Waals surface area contributed by atoms with Gasteiger partial charge >= 0.3 is 11.9 Å². The van der Waals surface area contributed by atoms with Gasteiger partial charge in [-0.1, -0.05) is 235 Å². The van der Waals surface area contributed by atoms with Gasteiger partial charge in [-0.05, 0) is 141 Å². The lowest BCUT2D eigenvalue weighted by Gasteiger charge is -2.15. The lowest BCUT2D eigenvalue weighted by atomic mass is 10.1. The molecule has 0 bridgehead atoms. The molecule has 0 spiro atoms. The second-order valence-corrected chi connectivity index (χ2v) is 17.9. The Morgan fingerprint density at radius 3 is 0.931 bits per heavy atom. The normalized spacial score (nSPS) is 13.7. The monoisotopic (exact) mass is 987 g/mol. The van der Waals surface area contributed by atoms with E-state index in [2.05, 4.69) is 196 Å². The molecule has 72 heavy (non-hydrogen) atoms. The van der Waals surface area contributed by atoms with Gasteiger partial charge in [-0.15, -0.1) is 0 Å². The lowest BCUT2D eigenvalue weighted by molar-refractivity contribution is -0.161. The Balaban J connectivity index is 3.73. The number of aliphatic hydroxyl groups is 1. The fourth-order valence-corrected chi connectivity index (χ4v) is 6.95. The summed E-state index contributed by atoms with van der Waals surface area (Å²) < 4.78 is 10.6. The zero-order valence-electron chi connectivity index (χ0n) is 45.6. The fraction of sp³-hybridized carbons (Fsp3) is 0.522. The number of allylic oxidation sites excluding steroid dienone is 30. The van der Waals surface area contributed by atoms with Gasteiger partial charge in [-0.3, -0.25) is 9.59 Å². The van der Waals surface area contributed by atoms with Crippen molar-refractivity contribution in [2.75, 3.05) is 13.2 Å². The number of hydrogen-bond donors (Lipinski definition) is 1. The van der Waals surface area contributed by atoms with E-state index in [1.54, 1.807) is 0 Å². The van der Waals surface area contributed by atoms with Crippen LogP contribution in [0.3, 0.4) is 0 Å². The first-order valence-electron chi connectivity index (χ1n) is 28.3. The Morgan fingerprint density at radius 2 is 0.597 bits per heavy atom. The Kier molecular flexibility index (Phi) is 56.1. The average molecular weight is 988 g/mol. The minimum absolute atomic E-state index is 0.103. The summed E-state index contributed by atoms with van der Waals surface area (Å²) in [5.74, 6) is -0.672. The highest BCUT2D eigenvalue weighted by molar-refractivity contribution is 5.70. The standard InChI is InChI=1S/C67H102O5/c1-3-5-7-9-11-13-15-17-19-21-23-24-25-26-27-28-29-30-31-32-33-34-35-36-37-38-39-40-41-42-44-46-48-50-52-54-56-58-60-62-67(70)72-65(63-68)64-71-66(69)61-59-57-55-53-51-49-47-45-43-22-20-18-16-14-12-10-8-6-4-2/h5,7,11-14,17-20,23-24,26-27,29-30,32-33,35-36,38-39,41-43,45-46,48,52,54,65,68H,3-4,6,8-10,15-16,21-22,25,28,31,34,37,40,44,47,49-51,53,55-64H2,1-2H3/b7-5-,13-11-,14-12-,19-17-,20-18-,24-23-,27-26-,30-29-,33-32-,36-35-,39-38-,42-41-,45-43-,48-46-,54-52-. The first kappa shape index (κ1) is 67.0. The molecule has 0 rings (SSSR count). The molecule has 0 radical (unpaired) electrons. The summed E-state index contributed by atoms with van der Waals surface area (Å²) >= 11 is 0. The van der Waals surface area contributed by atoms with E-state index in [9.17, 15) is 14.7 Å². The Labute approximate surface area is 442 Å². The van der Waals surface area contributed by atoms with Crippen LogP contribution in [0.1, 0.15) is 206 Å². The third-order valence-electron chi connectivity index (χ3n) is 11.2. The van der Waals surface area contributed by atoms with Crippen LogP contribution in [0, 0.1) is 0 Å². The molecular weight excluding hydrogens is 885 g/mol. The van der Waals surface area contributed by atoms with Crippen LogP contribution in [-0.4, -0.2) is 36.4 Å². The average Bonchev–Trinajstić information content (AvgIpc) is 3.38. The summed E-state index contributed by atoms with van der Waals surface area (Å²) in [5.41, 5.74) is 0. The van der Waals surface area contributed by atoms with Gasteiger partial charge in [0.15, 0.2) is 6.10 Å². The zero-order valence-corrected chi connectivity index (χ0v) is 45.6. The van der Waals surface area contributed by atoms with Crippen molar-refractivity contribution < 1.29 is 24.2 Å². The summed E-state index contributed by atoms with van der Waals surface area (Å²) in [5, 5.41) is 9.63. The molecule has 400 valence electrons. The highest BCUT2D eigenvalue weighted by Crippen LogP contribution is 2.11. The molecular formula is C67H102O5. The van der Waals surface area contributed by atoms with Crippen molar-refractivity contribution in [2.24, 2.45) is 0 Å². The molecule has 5 heteroatoms. The first-order valence-corrected chi connectivity index (χ1v) is 28.3. The van der Waals surface area contributed by atoms with Gasteiger partial charge in [0.25, 0.3) is 0 Å². The molecule has 0 aromatic rings. The number of esters is 2. The second kappa shape index (κ2) is 60.3. The van der Waals surface area contributed by atoms with Crippen LogP contribution in [0.5, 0.6) is 0 Å². The van der Waals surface area contributed by atoms with Gasteiger partial charge in [0.1, 0.15) is 6.61 Å². The maximum absolute atomic E-state index is 12.3. The Bertz CT molecular complexity index is 1680. The first-order chi connectivity index (χ1) is 35.6. The SMILES string of the molecule is CC/C=C\C/C=C\C/C=C\C/C=C\C/C=C\C/C=C\C/C=C\C/C=C\C/C=C\C/C=C\C/C=C\C/C=C\CCCCC(=O)OC(CO)COC(=O)CCCCCCCC/C=C\C/C=C\C/C=C\CCCCC. The maximum Gasteiger partial charge on any atom is 0.306 e. The van der Waals surface area contributed by atoms with Crippen LogP contribution in [0.25, 0.3) is 0 Å². The van der Waals surface area contributed by atoms with Crippen molar-refractivity contribution in [3.8, 4) is 0 Å². The Morgan fingerprint density at radius 1 is 0.333 bits per heavy atom. The van der Waals surface area contributed by atoms with E-state index in [0.29, 0.717) is 12.8 Å². The van der Waals surface area contributed by atoms with Crippen molar-refractivity contribution in [1.82, 2.24) is 0 Å². The molecule has 0 aliphatic heterocycles. The van der Waals surface area contributed by atoms with Gasteiger partial charge in [-0.2, -0.15) is 0 Å². The number of carbonyl (C=O) groups is 2. The van der Waals surface area contributed by atoms with E-state index in [0.717, 1.165) is 128 Å². The molecule has 0 saturated heterocycles. The van der Waals surface area contributed by atoms with Crippen LogP contribution in [0.2, 0.25) is 0 Å². The highest BCUT2D eigenvalue weighted by atomic mass is 16.6. The van der Waals surface area contributed by atoms with Crippen LogP contribution >= 0.6 is 0 Å². The second-order valence-electron chi connectivity index (χ2n) is 17.9. The van der Waals surface area contributed by atoms with Crippen molar-refractivity contribution in [3.05, 3.63) is 182 Å². The fourth-order valence-electron chi connectivity index (χ4n) is 6.95. The largest absolute Gasteiger partial charge is 0.462 e. The summed E-state index contributed by atoms with van der Waals surface area (Å²) in [6.07, 6.45) is 95.7. The number of hydrogen-bond acceptors (Lipinski definition) is 5. The van der Waals surface area contributed by atoms with E-state index < -0.39 is 6.10 Å². The number of aliphatic hydroxyl groups excluding tert-OH is 1. The van der Waals surface area contributed by atoms with Gasteiger partial charge in [0.2, 0.25) is 0 Å². The molecule has 1 unspecified atom stereocenters. The minimum Gasteiger partial charge on any atom is -0.462 e. The molecule has 1 N–H and O–H groups in total. The molecule has 1 atom stereocenters. The summed E-state index contributed by atoms with van der Waals surface area (Å²) in [4.78, 5) is 24.5. The number of rotatable bonds is 49. The van der Waals surface area contributed by atoms with Crippen molar-refractivity contribution in [3.63, 3.8) is 0 Å². The highest BCUT2D eigenvalue weighted by Gasteiger charge is 2.16. The third-order valence-corrected chi connectivity index (χ3v) is 11.2. The summed E-state index contributed by atoms with van der Waals surface area (Å²) in [6.45, 7) is 3.93. The number of ether oxygens (including phenoxy) is 2. The molecule has 0 aromatic carbocycles. The summed E-state index contributed by atoms with van der Waals surface area (Å²) in [7, 11) is 0. The van der Waals surface area contributed by atoms with Gasteiger partial charge in [0, 0.05) is 12.8 Å². The van der Waals surface area contributed by atoms with E-state index >= 15 is 0 Å².